The summed E-state index contributed by atoms with van der Waals surface area (Å²) >= 11 is 1.54. The highest BCUT2D eigenvalue weighted by Crippen LogP contribution is 2.27. The molecule has 0 atom stereocenters. The average molecular weight is 309 g/mol. The van der Waals surface area contributed by atoms with Crippen molar-refractivity contribution in [1.82, 2.24) is 5.32 Å². The van der Waals surface area contributed by atoms with Crippen molar-refractivity contribution >= 4 is 17.7 Å². The van der Waals surface area contributed by atoms with Crippen LogP contribution in [0, 0.1) is 5.41 Å². The van der Waals surface area contributed by atoms with Crippen molar-refractivity contribution in [2.24, 2.45) is 5.41 Å². The lowest BCUT2D eigenvalue weighted by atomic mass is 9.82. The Morgan fingerprint density at radius 1 is 1.14 bits per heavy atom. The minimum Gasteiger partial charge on any atom is -0.497 e. The second-order valence-corrected chi connectivity index (χ2v) is 8.18. The van der Waals surface area contributed by atoms with E-state index in [1.165, 1.54) is 11.8 Å². The first-order chi connectivity index (χ1) is 9.61. The predicted octanol–water partition coefficient (Wildman–Crippen LogP) is 4.12. The molecular formula is C17H27NO2S. The summed E-state index contributed by atoms with van der Waals surface area (Å²) in [5, 5.41) is 3.12. The van der Waals surface area contributed by atoms with Crippen molar-refractivity contribution in [3.63, 3.8) is 0 Å². The van der Waals surface area contributed by atoms with Crippen LogP contribution in [0.4, 0.5) is 0 Å². The number of nitrogens with one attached hydrogen (secondary N) is 1. The van der Waals surface area contributed by atoms with E-state index in [1.807, 2.05) is 24.3 Å². The molecule has 1 aromatic rings. The molecule has 0 spiro atoms. The number of thioether (sulfide) groups is 1. The van der Waals surface area contributed by atoms with Gasteiger partial charge in [-0.2, -0.15) is 0 Å². The molecule has 0 aliphatic carbocycles. The molecule has 0 fully saturated rings. The number of hydrogen-bond donors (Lipinski definition) is 1. The number of ether oxygens (including phenoxy) is 1. The molecule has 0 aromatic heterocycles. The maximum atomic E-state index is 12.1. The molecule has 0 heterocycles. The Morgan fingerprint density at radius 3 is 2.19 bits per heavy atom. The van der Waals surface area contributed by atoms with Crippen LogP contribution in [0.25, 0.3) is 0 Å². The van der Waals surface area contributed by atoms with Gasteiger partial charge in [-0.3, -0.25) is 4.79 Å². The number of carbonyl (C=O) groups is 1. The normalized spacial score (nSPS) is 12.1. The van der Waals surface area contributed by atoms with Gasteiger partial charge in [0.15, 0.2) is 0 Å². The van der Waals surface area contributed by atoms with Crippen molar-refractivity contribution in [3.05, 3.63) is 24.3 Å². The fourth-order valence-corrected chi connectivity index (χ4v) is 3.30. The zero-order chi connectivity index (χ0) is 16.1. The van der Waals surface area contributed by atoms with Gasteiger partial charge in [0.05, 0.1) is 12.9 Å². The van der Waals surface area contributed by atoms with Crippen molar-refractivity contribution in [3.8, 4) is 5.75 Å². The van der Waals surface area contributed by atoms with Crippen LogP contribution < -0.4 is 10.1 Å². The van der Waals surface area contributed by atoms with Crippen LogP contribution in [0.5, 0.6) is 5.75 Å². The summed E-state index contributed by atoms with van der Waals surface area (Å²) in [6.45, 7) is 10.7. The van der Waals surface area contributed by atoms with Gasteiger partial charge >= 0.3 is 0 Å². The van der Waals surface area contributed by atoms with Crippen molar-refractivity contribution in [2.45, 2.75) is 51.5 Å². The second kappa shape index (κ2) is 7.21. The lowest BCUT2D eigenvalue weighted by molar-refractivity contribution is -0.120. The van der Waals surface area contributed by atoms with Crippen LogP contribution in [-0.4, -0.2) is 24.3 Å². The first-order valence-electron chi connectivity index (χ1n) is 7.19. The highest BCUT2D eigenvalue weighted by molar-refractivity contribution is 8.00. The summed E-state index contributed by atoms with van der Waals surface area (Å²) in [7, 11) is 1.65. The standard InChI is InChI=1S/C17H27NO2S/c1-16(2,3)12-17(4,5)18-15(19)11-21-14-9-7-13(20-6)8-10-14/h7-10H,11-12H2,1-6H3,(H,18,19). The van der Waals surface area contributed by atoms with Gasteiger partial charge in [-0.05, 0) is 49.9 Å². The van der Waals surface area contributed by atoms with E-state index in [4.69, 9.17) is 4.74 Å². The van der Waals surface area contributed by atoms with Crippen molar-refractivity contribution in [1.29, 1.82) is 0 Å². The molecule has 118 valence electrons. The topological polar surface area (TPSA) is 38.3 Å². The van der Waals surface area contributed by atoms with Gasteiger partial charge in [-0.15, -0.1) is 11.8 Å². The molecule has 1 rings (SSSR count). The van der Waals surface area contributed by atoms with Crippen LogP contribution in [0.2, 0.25) is 0 Å². The Kier molecular flexibility index (Phi) is 6.14. The van der Waals surface area contributed by atoms with Gasteiger partial charge in [-0.25, -0.2) is 0 Å². The third-order valence-corrected chi connectivity index (χ3v) is 3.89. The van der Waals surface area contributed by atoms with E-state index in [9.17, 15) is 4.79 Å². The summed E-state index contributed by atoms with van der Waals surface area (Å²) in [6, 6.07) is 7.75. The molecule has 1 aromatic carbocycles. The molecule has 0 unspecified atom stereocenters. The van der Waals surface area contributed by atoms with Gasteiger partial charge in [0.1, 0.15) is 5.75 Å². The maximum absolute atomic E-state index is 12.1. The summed E-state index contributed by atoms with van der Waals surface area (Å²) < 4.78 is 5.12. The highest BCUT2D eigenvalue weighted by atomic mass is 32.2. The summed E-state index contributed by atoms with van der Waals surface area (Å²) in [5.74, 6) is 1.33. The van der Waals surface area contributed by atoms with Crippen molar-refractivity contribution in [2.75, 3.05) is 12.9 Å². The van der Waals surface area contributed by atoms with E-state index in [0.717, 1.165) is 17.1 Å². The molecule has 3 nitrogen and oxygen atoms in total. The zero-order valence-corrected chi connectivity index (χ0v) is 14.8. The Morgan fingerprint density at radius 2 is 1.71 bits per heavy atom. The number of amides is 1. The van der Waals surface area contributed by atoms with Crippen LogP contribution in [0.15, 0.2) is 29.2 Å². The molecule has 0 radical (unpaired) electrons. The van der Waals surface area contributed by atoms with Crippen LogP contribution in [0.3, 0.4) is 0 Å². The Bertz CT molecular complexity index is 461. The maximum Gasteiger partial charge on any atom is 0.230 e. The number of rotatable bonds is 6. The molecule has 21 heavy (non-hydrogen) atoms. The van der Waals surface area contributed by atoms with Gasteiger partial charge in [0, 0.05) is 10.4 Å². The predicted molar refractivity (Wildman–Crippen MR) is 90.0 cm³/mol. The highest BCUT2D eigenvalue weighted by Gasteiger charge is 2.26. The average Bonchev–Trinajstić information content (AvgIpc) is 2.33. The third-order valence-electron chi connectivity index (χ3n) is 2.88. The number of hydrogen-bond acceptors (Lipinski definition) is 3. The van der Waals surface area contributed by atoms with E-state index >= 15 is 0 Å². The first kappa shape index (κ1) is 17.9. The van der Waals surface area contributed by atoms with Crippen LogP contribution in [0.1, 0.15) is 41.0 Å². The Balaban J connectivity index is 2.46. The Labute approximate surface area is 132 Å². The summed E-state index contributed by atoms with van der Waals surface area (Å²) in [5.41, 5.74) is 0.00963. The van der Waals surface area contributed by atoms with Gasteiger partial charge in [-0.1, -0.05) is 20.8 Å². The fraction of sp³-hybridized carbons (Fsp3) is 0.588. The fourth-order valence-electron chi connectivity index (χ4n) is 2.60. The molecule has 0 aliphatic rings. The summed E-state index contributed by atoms with van der Waals surface area (Å²) in [4.78, 5) is 13.2. The molecule has 1 amide bonds. The van der Waals surface area contributed by atoms with E-state index < -0.39 is 0 Å². The molecule has 1 N–H and O–H groups in total. The minimum atomic E-state index is -0.185. The first-order valence-corrected chi connectivity index (χ1v) is 8.18. The van der Waals surface area contributed by atoms with Gasteiger partial charge < -0.3 is 10.1 Å². The molecule has 0 bridgehead atoms. The lowest BCUT2D eigenvalue weighted by Gasteiger charge is -2.33. The molecule has 0 saturated carbocycles. The van der Waals surface area contributed by atoms with E-state index in [-0.39, 0.29) is 16.9 Å². The monoisotopic (exact) mass is 309 g/mol. The van der Waals surface area contributed by atoms with E-state index in [2.05, 4.69) is 39.9 Å². The SMILES string of the molecule is COc1ccc(SCC(=O)NC(C)(C)CC(C)(C)C)cc1. The number of carbonyl (C=O) groups excluding carboxylic acids is 1. The molecular weight excluding hydrogens is 282 g/mol. The zero-order valence-electron chi connectivity index (χ0n) is 13.9. The summed E-state index contributed by atoms with van der Waals surface area (Å²) in [6.07, 6.45) is 0.943. The third kappa shape index (κ3) is 7.42. The van der Waals surface area contributed by atoms with E-state index in [1.54, 1.807) is 7.11 Å². The number of benzene rings is 1. The van der Waals surface area contributed by atoms with Gasteiger partial charge in [0.2, 0.25) is 5.91 Å². The number of methoxy groups -OCH3 is 1. The minimum absolute atomic E-state index is 0.0741. The van der Waals surface area contributed by atoms with Gasteiger partial charge in [0.25, 0.3) is 0 Å². The van der Waals surface area contributed by atoms with E-state index in [0.29, 0.717) is 5.75 Å². The molecule has 4 heteroatoms. The second-order valence-electron chi connectivity index (χ2n) is 7.13. The largest absolute Gasteiger partial charge is 0.497 e. The quantitative estimate of drug-likeness (QED) is 0.803. The lowest BCUT2D eigenvalue weighted by Crippen LogP contribution is -2.46. The molecule has 0 saturated heterocycles. The molecule has 0 aliphatic heterocycles. The smallest absolute Gasteiger partial charge is 0.230 e. The Hall–Kier alpha value is -1.16. The van der Waals surface area contributed by atoms with Crippen LogP contribution in [-0.2, 0) is 4.79 Å². The van der Waals surface area contributed by atoms with Crippen molar-refractivity contribution < 1.29 is 9.53 Å². The van der Waals surface area contributed by atoms with Crippen LogP contribution >= 0.6 is 11.8 Å².